The van der Waals surface area contributed by atoms with E-state index in [4.69, 9.17) is 0 Å². The number of hydrogen-bond donors (Lipinski definition) is 1. The minimum absolute atomic E-state index is 0.130. The number of hydrogen-bond acceptors (Lipinski definition) is 3. The predicted octanol–water partition coefficient (Wildman–Crippen LogP) is 2.79. The van der Waals surface area contributed by atoms with Crippen molar-refractivity contribution < 1.29 is 4.79 Å². The van der Waals surface area contributed by atoms with Gasteiger partial charge in [-0.25, -0.2) is 0 Å². The van der Waals surface area contributed by atoms with Crippen molar-refractivity contribution in [1.82, 2.24) is 10.2 Å². The van der Waals surface area contributed by atoms with Crippen molar-refractivity contribution in [3.8, 4) is 0 Å². The van der Waals surface area contributed by atoms with Gasteiger partial charge in [-0.1, -0.05) is 36.8 Å². The van der Waals surface area contributed by atoms with Crippen LogP contribution < -0.4 is 5.32 Å². The summed E-state index contributed by atoms with van der Waals surface area (Å²) in [4.78, 5) is 14.9. The maximum atomic E-state index is 12.8. The average molecular weight is 290 g/mol. The van der Waals surface area contributed by atoms with Gasteiger partial charge < -0.3 is 4.90 Å². The fourth-order valence-corrected chi connectivity index (χ4v) is 4.55. The van der Waals surface area contributed by atoms with Gasteiger partial charge in [0.25, 0.3) is 0 Å². The van der Waals surface area contributed by atoms with Crippen molar-refractivity contribution in [2.45, 2.75) is 49.7 Å². The van der Waals surface area contributed by atoms with Crippen LogP contribution in [0.1, 0.15) is 37.8 Å². The van der Waals surface area contributed by atoms with E-state index in [9.17, 15) is 4.79 Å². The first-order chi connectivity index (χ1) is 9.72. The molecule has 1 saturated heterocycles. The quantitative estimate of drug-likeness (QED) is 0.929. The Hall–Kier alpha value is -1.00. The lowest BCUT2D eigenvalue weighted by molar-refractivity contribution is -0.131. The number of rotatable bonds is 3. The zero-order chi connectivity index (χ0) is 14.1. The number of nitrogens with one attached hydrogen (secondary N) is 1. The van der Waals surface area contributed by atoms with Crippen LogP contribution in [0, 0.1) is 0 Å². The first kappa shape index (κ1) is 14.0. The van der Waals surface area contributed by atoms with Crippen LogP contribution in [0.4, 0.5) is 0 Å². The van der Waals surface area contributed by atoms with Crippen LogP contribution >= 0.6 is 11.8 Å². The number of carbonyl (C=O) groups excluding carboxylic acids is 1. The lowest BCUT2D eigenvalue weighted by Crippen LogP contribution is -2.45. The van der Waals surface area contributed by atoms with E-state index in [2.05, 4.69) is 23.4 Å². The van der Waals surface area contributed by atoms with Gasteiger partial charge in [0.05, 0.1) is 6.17 Å². The fraction of sp³-hybridized carbons (Fsp3) is 0.562. The standard InChI is InChI=1S/C16H22N2OS/c1-11-17-15(12-7-4-3-5-8-12)16(19)18(11)13-9-6-10-14(13)20-2/h3-5,7-8,11,13-15,17H,6,9-10H2,1-2H3. The van der Waals surface area contributed by atoms with E-state index in [1.807, 2.05) is 42.1 Å². The molecular weight excluding hydrogens is 268 g/mol. The Labute approximate surface area is 125 Å². The van der Waals surface area contributed by atoms with Crippen LogP contribution in [0.5, 0.6) is 0 Å². The highest BCUT2D eigenvalue weighted by Crippen LogP contribution is 2.36. The smallest absolute Gasteiger partial charge is 0.245 e. The van der Waals surface area contributed by atoms with E-state index in [1.165, 1.54) is 12.8 Å². The van der Waals surface area contributed by atoms with E-state index in [0.29, 0.717) is 11.3 Å². The van der Waals surface area contributed by atoms with Crippen molar-refractivity contribution in [1.29, 1.82) is 0 Å². The summed E-state index contributed by atoms with van der Waals surface area (Å²) in [5.41, 5.74) is 1.07. The summed E-state index contributed by atoms with van der Waals surface area (Å²) in [5, 5.41) is 4.05. The predicted molar refractivity (Wildman–Crippen MR) is 83.6 cm³/mol. The Morgan fingerprint density at radius 3 is 2.70 bits per heavy atom. The summed E-state index contributed by atoms with van der Waals surface area (Å²) < 4.78 is 0. The molecule has 4 atom stereocenters. The minimum atomic E-state index is -0.172. The SMILES string of the molecule is CSC1CCCC1N1C(=O)C(c2ccccc2)NC1C. The van der Waals surface area contributed by atoms with Crippen LogP contribution in [0.15, 0.2) is 30.3 Å². The molecule has 2 aliphatic rings. The van der Waals surface area contributed by atoms with Crippen molar-refractivity contribution >= 4 is 17.7 Å². The number of nitrogens with zero attached hydrogens (tertiary/aromatic N) is 1. The Morgan fingerprint density at radius 2 is 2.00 bits per heavy atom. The summed E-state index contributed by atoms with van der Waals surface area (Å²) in [6, 6.07) is 10.3. The Morgan fingerprint density at radius 1 is 1.25 bits per heavy atom. The number of carbonyl (C=O) groups is 1. The molecule has 20 heavy (non-hydrogen) atoms. The maximum absolute atomic E-state index is 12.8. The lowest BCUT2D eigenvalue weighted by Gasteiger charge is -2.31. The number of amides is 1. The normalized spacial score (nSPS) is 33.9. The summed E-state index contributed by atoms with van der Waals surface area (Å²) in [6.07, 6.45) is 5.91. The Bertz CT molecular complexity index is 479. The average Bonchev–Trinajstić information content (AvgIpc) is 3.04. The molecule has 0 aromatic heterocycles. The van der Waals surface area contributed by atoms with E-state index in [-0.39, 0.29) is 18.1 Å². The molecule has 1 N–H and O–H groups in total. The maximum Gasteiger partial charge on any atom is 0.245 e. The molecular formula is C16H22N2OS. The highest BCUT2D eigenvalue weighted by atomic mass is 32.2. The zero-order valence-corrected chi connectivity index (χ0v) is 12.9. The molecule has 1 amide bonds. The molecule has 4 unspecified atom stereocenters. The zero-order valence-electron chi connectivity index (χ0n) is 12.1. The van der Waals surface area contributed by atoms with Crippen molar-refractivity contribution in [2.24, 2.45) is 0 Å². The molecule has 3 nitrogen and oxygen atoms in total. The first-order valence-corrected chi connectivity index (χ1v) is 8.67. The van der Waals surface area contributed by atoms with Gasteiger partial charge in [0.1, 0.15) is 6.04 Å². The third kappa shape index (κ3) is 2.35. The molecule has 4 heteroatoms. The summed E-state index contributed by atoms with van der Waals surface area (Å²) in [6.45, 7) is 2.11. The van der Waals surface area contributed by atoms with Crippen molar-refractivity contribution in [3.63, 3.8) is 0 Å². The van der Waals surface area contributed by atoms with Gasteiger partial charge in [0.15, 0.2) is 0 Å². The van der Waals surface area contributed by atoms with Gasteiger partial charge in [0.2, 0.25) is 5.91 Å². The largest absolute Gasteiger partial charge is 0.322 e. The monoisotopic (exact) mass is 290 g/mol. The van der Waals surface area contributed by atoms with Gasteiger partial charge >= 0.3 is 0 Å². The van der Waals surface area contributed by atoms with E-state index < -0.39 is 0 Å². The second-order valence-corrected chi connectivity index (χ2v) is 6.78. The summed E-state index contributed by atoms with van der Waals surface area (Å²) in [5.74, 6) is 0.245. The Balaban J connectivity index is 1.82. The van der Waals surface area contributed by atoms with Crippen LogP contribution in [0.25, 0.3) is 0 Å². The van der Waals surface area contributed by atoms with E-state index in [1.54, 1.807) is 0 Å². The lowest BCUT2D eigenvalue weighted by atomic mass is 10.1. The van der Waals surface area contributed by atoms with Crippen LogP contribution in [-0.4, -0.2) is 34.5 Å². The van der Waals surface area contributed by atoms with Gasteiger partial charge in [-0.15, -0.1) is 0 Å². The first-order valence-electron chi connectivity index (χ1n) is 7.38. The van der Waals surface area contributed by atoms with Gasteiger partial charge in [-0.3, -0.25) is 10.1 Å². The second-order valence-electron chi connectivity index (χ2n) is 5.70. The summed E-state index contributed by atoms with van der Waals surface area (Å²) >= 11 is 1.91. The fourth-order valence-electron chi connectivity index (χ4n) is 3.57. The second kappa shape index (κ2) is 5.78. The molecule has 0 spiro atoms. The molecule has 3 rings (SSSR count). The molecule has 0 radical (unpaired) electrons. The van der Waals surface area contributed by atoms with Crippen molar-refractivity contribution in [2.75, 3.05) is 6.26 Å². The molecule has 108 valence electrons. The third-order valence-corrected chi connectivity index (χ3v) is 5.69. The van der Waals surface area contributed by atoms with Gasteiger partial charge in [-0.2, -0.15) is 11.8 Å². The highest BCUT2D eigenvalue weighted by Gasteiger charge is 2.44. The van der Waals surface area contributed by atoms with Gasteiger partial charge in [0, 0.05) is 11.3 Å². The highest BCUT2D eigenvalue weighted by molar-refractivity contribution is 7.99. The van der Waals surface area contributed by atoms with E-state index >= 15 is 0 Å². The molecule has 1 aromatic carbocycles. The van der Waals surface area contributed by atoms with Crippen LogP contribution in [0.3, 0.4) is 0 Å². The molecule has 0 bridgehead atoms. The van der Waals surface area contributed by atoms with Gasteiger partial charge in [-0.05, 0) is 31.6 Å². The van der Waals surface area contributed by atoms with Crippen LogP contribution in [-0.2, 0) is 4.79 Å². The van der Waals surface area contributed by atoms with E-state index in [0.717, 1.165) is 12.0 Å². The molecule has 1 aromatic rings. The molecule has 1 aliphatic carbocycles. The summed E-state index contributed by atoms with van der Waals surface area (Å²) in [7, 11) is 0. The molecule has 1 saturated carbocycles. The molecule has 1 heterocycles. The Kier molecular flexibility index (Phi) is 4.03. The topological polar surface area (TPSA) is 32.3 Å². The van der Waals surface area contributed by atoms with Crippen molar-refractivity contribution in [3.05, 3.63) is 35.9 Å². The molecule has 2 fully saturated rings. The minimum Gasteiger partial charge on any atom is -0.322 e. The number of benzene rings is 1. The van der Waals surface area contributed by atoms with Crippen LogP contribution in [0.2, 0.25) is 0 Å². The molecule has 1 aliphatic heterocycles. The number of thioether (sulfide) groups is 1. The third-order valence-electron chi connectivity index (χ3n) is 4.54.